The molecule has 0 saturated heterocycles. The van der Waals surface area contributed by atoms with Crippen LogP contribution in [0.25, 0.3) is 11.0 Å². The highest BCUT2D eigenvalue weighted by molar-refractivity contribution is 7.89. The molecule has 11 heteroatoms. The number of amides is 1. The Morgan fingerprint density at radius 3 is 2.79 bits per heavy atom. The standard InChI is InChI=1S/C18H15FN4O5S/c1-27-15-5-4-13-16-11(7-21-17(13)22-15)9-28-18(24)23(16)8-10-2-3-12(6-14(10)19)29(20,25)26/h2-7H,8-9H2,1H3,(H2,20,25,26). The quantitative estimate of drug-likeness (QED) is 0.688. The molecule has 1 aromatic carbocycles. The summed E-state index contributed by atoms with van der Waals surface area (Å²) in [6.07, 6.45) is 0.861. The normalized spacial score (nSPS) is 13.9. The maximum Gasteiger partial charge on any atom is 0.414 e. The Kier molecular flexibility index (Phi) is 4.55. The van der Waals surface area contributed by atoms with E-state index in [2.05, 4.69) is 9.97 Å². The summed E-state index contributed by atoms with van der Waals surface area (Å²) in [6, 6.07) is 6.60. The van der Waals surface area contributed by atoms with Crippen LogP contribution in [0.1, 0.15) is 11.1 Å². The fourth-order valence-electron chi connectivity index (χ4n) is 3.08. The van der Waals surface area contributed by atoms with Gasteiger partial charge in [-0.1, -0.05) is 6.07 Å². The van der Waals surface area contributed by atoms with Gasteiger partial charge in [-0.15, -0.1) is 0 Å². The van der Waals surface area contributed by atoms with Gasteiger partial charge in [-0.2, -0.15) is 4.98 Å². The number of primary sulfonamides is 1. The highest BCUT2D eigenvalue weighted by Gasteiger charge is 2.29. The number of hydrogen-bond donors (Lipinski definition) is 1. The van der Waals surface area contributed by atoms with Crippen molar-refractivity contribution in [1.82, 2.24) is 9.97 Å². The molecule has 1 aliphatic heterocycles. The number of methoxy groups -OCH3 is 1. The molecule has 1 aliphatic rings. The van der Waals surface area contributed by atoms with Gasteiger partial charge >= 0.3 is 6.09 Å². The molecule has 1 amide bonds. The number of anilines is 1. The van der Waals surface area contributed by atoms with Crippen molar-refractivity contribution in [2.24, 2.45) is 5.14 Å². The number of cyclic esters (lactones) is 1. The summed E-state index contributed by atoms with van der Waals surface area (Å²) in [4.78, 5) is 21.9. The van der Waals surface area contributed by atoms with E-state index in [1.807, 2.05) is 0 Å². The molecule has 0 saturated carbocycles. The second-order valence-corrected chi connectivity index (χ2v) is 7.86. The zero-order valence-electron chi connectivity index (χ0n) is 15.1. The van der Waals surface area contributed by atoms with Gasteiger partial charge in [-0.25, -0.2) is 27.7 Å². The fraction of sp³-hybridized carbons (Fsp3) is 0.167. The minimum atomic E-state index is -4.04. The smallest absolute Gasteiger partial charge is 0.414 e. The number of nitrogens with zero attached hydrogens (tertiary/aromatic N) is 3. The summed E-state index contributed by atoms with van der Waals surface area (Å²) in [6.45, 7) is -0.166. The van der Waals surface area contributed by atoms with Gasteiger partial charge in [0.1, 0.15) is 12.4 Å². The van der Waals surface area contributed by atoms with Crippen LogP contribution in [0.5, 0.6) is 5.88 Å². The fourth-order valence-corrected chi connectivity index (χ4v) is 3.61. The molecule has 0 unspecified atom stereocenters. The monoisotopic (exact) mass is 418 g/mol. The summed E-state index contributed by atoms with van der Waals surface area (Å²) in [5.74, 6) is -0.450. The van der Waals surface area contributed by atoms with Crippen molar-refractivity contribution in [3.8, 4) is 5.88 Å². The molecule has 0 bridgehead atoms. The first-order valence-electron chi connectivity index (χ1n) is 8.36. The Hall–Kier alpha value is -3.31. The number of benzene rings is 1. The number of halogens is 1. The van der Waals surface area contributed by atoms with Crippen LogP contribution < -0.4 is 14.8 Å². The number of carbonyl (C=O) groups is 1. The highest BCUT2D eigenvalue weighted by atomic mass is 32.2. The molecule has 0 fully saturated rings. The first-order chi connectivity index (χ1) is 13.8. The molecular formula is C18H15FN4O5S. The van der Waals surface area contributed by atoms with E-state index in [0.29, 0.717) is 28.2 Å². The van der Waals surface area contributed by atoms with E-state index < -0.39 is 21.9 Å². The summed E-state index contributed by atoms with van der Waals surface area (Å²) in [7, 11) is -2.57. The van der Waals surface area contributed by atoms with Gasteiger partial charge in [0.25, 0.3) is 0 Å². The Morgan fingerprint density at radius 1 is 1.31 bits per heavy atom. The van der Waals surface area contributed by atoms with E-state index >= 15 is 0 Å². The molecule has 3 aromatic rings. The summed E-state index contributed by atoms with van der Waals surface area (Å²) < 4.78 is 47.6. The van der Waals surface area contributed by atoms with E-state index in [-0.39, 0.29) is 23.6 Å². The number of hydrogen-bond acceptors (Lipinski definition) is 7. The maximum atomic E-state index is 14.5. The number of sulfonamides is 1. The molecule has 4 rings (SSSR count). The number of carbonyl (C=O) groups excluding carboxylic acids is 1. The third-order valence-electron chi connectivity index (χ3n) is 4.48. The van der Waals surface area contributed by atoms with Crippen LogP contribution in [0.3, 0.4) is 0 Å². The molecule has 9 nitrogen and oxygen atoms in total. The number of nitrogens with two attached hydrogens (primary N) is 1. The van der Waals surface area contributed by atoms with Crippen LogP contribution in [0.2, 0.25) is 0 Å². The van der Waals surface area contributed by atoms with Crippen molar-refractivity contribution in [3.05, 3.63) is 53.5 Å². The Labute approximate surface area is 164 Å². The van der Waals surface area contributed by atoms with Gasteiger partial charge in [0.05, 0.1) is 24.2 Å². The maximum absolute atomic E-state index is 14.5. The SMILES string of the molecule is COc1ccc2c3c(cnc2n1)COC(=O)N3Cc1ccc(S(N)(=O)=O)cc1F. The van der Waals surface area contributed by atoms with Crippen molar-refractivity contribution >= 4 is 32.8 Å². The highest BCUT2D eigenvalue weighted by Crippen LogP contribution is 2.35. The summed E-state index contributed by atoms with van der Waals surface area (Å²) >= 11 is 0. The number of ether oxygens (including phenoxy) is 2. The molecule has 0 spiro atoms. The molecule has 0 atom stereocenters. The lowest BCUT2D eigenvalue weighted by molar-refractivity contribution is 0.141. The predicted octanol–water partition coefficient (Wildman–Crippen LogP) is 2.08. The van der Waals surface area contributed by atoms with Crippen molar-refractivity contribution in [1.29, 1.82) is 0 Å². The number of pyridine rings is 2. The lowest BCUT2D eigenvalue weighted by Gasteiger charge is -2.30. The van der Waals surface area contributed by atoms with Crippen molar-refractivity contribution in [2.45, 2.75) is 18.0 Å². The van der Waals surface area contributed by atoms with Crippen molar-refractivity contribution < 1.29 is 27.1 Å². The zero-order valence-corrected chi connectivity index (χ0v) is 15.9. The van der Waals surface area contributed by atoms with Gasteiger partial charge in [0.2, 0.25) is 15.9 Å². The van der Waals surface area contributed by atoms with Gasteiger partial charge in [0.15, 0.2) is 5.65 Å². The van der Waals surface area contributed by atoms with Crippen LogP contribution in [0, 0.1) is 5.82 Å². The van der Waals surface area contributed by atoms with Gasteiger partial charge in [-0.3, -0.25) is 4.90 Å². The van der Waals surface area contributed by atoms with Gasteiger partial charge < -0.3 is 9.47 Å². The van der Waals surface area contributed by atoms with Crippen LogP contribution in [0.4, 0.5) is 14.9 Å². The lowest BCUT2D eigenvalue weighted by atomic mass is 10.1. The van der Waals surface area contributed by atoms with E-state index in [4.69, 9.17) is 14.6 Å². The number of fused-ring (bicyclic) bond motifs is 3. The Bertz CT molecular complexity index is 1250. The third-order valence-corrected chi connectivity index (χ3v) is 5.39. The molecule has 29 heavy (non-hydrogen) atoms. The van der Waals surface area contributed by atoms with Crippen molar-refractivity contribution in [2.75, 3.05) is 12.0 Å². The largest absolute Gasteiger partial charge is 0.481 e. The second-order valence-electron chi connectivity index (χ2n) is 6.30. The molecule has 2 aromatic heterocycles. The summed E-state index contributed by atoms with van der Waals surface area (Å²) in [5, 5.41) is 5.60. The summed E-state index contributed by atoms with van der Waals surface area (Å²) in [5.41, 5.74) is 1.57. The second kappa shape index (κ2) is 6.94. The van der Waals surface area contributed by atoms with Crippen molar-refractivity contribution in [3.63, 3.8) is 0 Å². The van der Waals surface area contributed by atoms with Crippen LogP contribution in [0.15, 0.2) is 41.4 Å². The van der Waals surface area contributed by atoms with E-state index in [9.17, 15) is 17.6 Å². The third kappa shape index (κ3) is 3.45. The minimum Gasteiger partial charge on any atom is -0.481 e. The first-order valence-corrected chi connectivity index (χ1v) is 9.90. The minimum absolute atomic E-state index is 0.0203. The number of aromatic nitrogens is 2. The van der Waals surface area contributed by atoms with Crippen LogP contribution >= 0.6 is 0 Å². The first kappa shape index (κ1) is 19.0. The Morgan fingerprint density at radius 2 is 2.10 bits per heavy atom. The molecular weight excluding hydrogens is 403 g/mol. The van der Waals surface area contributed by atoms with E-state index in [0.717, 1.165) is 6.07 Å². The Balaban J connectivity index is 1.80. The predicted molar refractivity (Wildman–Crippen MR) is 100 cm³/mol. The van der Waals surface area contributed by atoms with E-state index in [1.165, 1.54) is 30.3 Å². The van der Waals surface area contributed by atoms with Crippen LogP contribution in [-0.4, -0.2) is 31.6 Å². The van der Waals surface area contributed by atoms with Crippen LogP contribution in [-0.2, 0) is 27.9 Å². The topological polar surface area (TPSA) is 125 Å². The number of rotatable bonds is 4. The average molecular weight is 418 g/mol. The molecule has 3 heterocycles. The molecule has 150 valence electrons. The molecule has 2 N–H and O–H groups in total. The van der Waals surface area contributed by atoms with Gasteiger partial charge in [-0.05, 0) is 18.2 Å². The van der Waals surface area contributed by atoms with E-state index in [1.54, 1.807) is 12.1 Å². The molecule has 0 aliphatic carbocycles. The molecule has 0 radical (unpaired) electrons. The zero-order chi connectivity index (χ0) is 20.8. The lowest BCUT2D eigenvalue weighted by Crippen LogP contribution is -2.35. The van der Waals surface area contributed by atoms with Gasteiger partial charge in [0, 0.05) is 28.8 Å². The average Bonchev–Trinajstić information content (AvgIpc) is 2.69.